The minimum Gasteiger partial charge on any atom is -0.292 e. The molecule has 0 aliphatic rings. The van der Waals surface area contributed by atoms with Crippen molar-refractivity contribution in [2.75, 3.05) is 0 Å². The highest BCUT2D eigenvalue weighted by molar-refractivity contribution is 6.05. The summed E-state index contributed by atoms with van der Waals surface area (Å²) in [5.74, 6) is -0.858. The van der Waals surface area contributed by atoms with E-state index < -0.39 is 0 Å². The van der Waals surface area contributed by atoms with Crippen LogP contribution in [-0.4, -0.2) is 11.8 Å². The molecule has 0 heterocycles. The van der Waals surface area contributed by atoms with Gasteiger partial charge >= 0.3 is 0 Å². The SMILES string of the molecule is C=CC[C@H](C)C(=O)NC(=O)c1ccc(C)cc1. The number of hydrogen-bond acceptors (Lipinski definition) is 2. The molecule has 1 aromatic carbocycles. The molecule has 0 unspecified atom stereocenters. The van der Waals surface area contributed by atoms with E-state index in [0.29, 0.717) is 12.0 Å². The van der Waals surface area contributed by atoms with E-state index in [1.807, 2.05) is 19.1 Å². The summed E-state index contributed by atoms with van der Waals surface area (Å²) in [6.07, 6.45) is 2.23. The molecular weight excluding hydrogens is 214 g/mol. The van der Waals surface area contributed by atoms with Gasteiger partial charge < -0.3 is 0 Å². The third-order valence-electron chi connectivity index (χ3n) is 2.52. The van der Waals surface area contributed by atoms with Crippen molar-refractivity contribution in [2.45, 2.75) is 20.3 Å². The van der Waals surface area contributed by atoms with Crippen LogP contribution < -0.4 is 5.32 Å². The average Bonchev–Trinajstić information content (AvgIpc) is 2.30. The fraction of sp³-hybridized carbons (Fsp3) is 0.286. The number of imide groups is 1. The lowest BCUT2D eigenvalue weighted by atomic mass is 10.1. The molecule has 1 atom stereocenters. The number of amides is 2. The van der Waals surface area contributed by atoms with E-state index in [4.69, 9.17) is 0 Å². The zero-order valence-electron chi connectivity index (χ0n) is 10.2. The highest BCUT2D eigenvalue weighted by Crippen LogP contribution is 2.05. The molecule has 1 N–H and O–H groups in total. The molecule has 1 aromatic rings. The van der Waals surface area contributed by atoms with Gasteiger partial charge in [0.05, 0.1) is 0 Å². The minimum atomic E-state index is -0.356. The van der Waals surface area contributed by atoms with Crippen LogP contribution >= 0.6 is 0 Å². The van der Waals surface area contributed by atoms with E-state index in [0.717, 1.165) is 5.56 Å². The van der Waals surface area contributed by atoms with Gasteiger partial charge in [0.15, 0.2) is 0 Å². The highest BCUT2D eigenvalue weighted by atomic mass is 16.2. The second-order valence-corrected chi connectivity index (χ2v) is 4.11. The van der Waals surface area contributed by atoms with Gasteiger partial charge in [-0.2, -0.15) is 0 Å². The Kier molecular flexibility index (Phi) is 4.64. The number of benzene rings is 1. The molecule has 3 heteroatoms. The van der Waals surface area contributed by atoms with Crippen molar-refractivity contribution >= 4 is 11.8 Å². The summed E-state index contributed by atoms with van der Waals surface area (Å²) < 4.78 is 0. The van der Waals surface area contributed by atoms with E-state index >= 15 is 0 Å². The average molecular weight is 231 g/mol. The smallest absolute Gasteiger partial charge is 0.257 e. The van der Waals surface area contributed by atoms with E-state index in [1.54, 1.807) is 25.1 Å². The van der Waals surface area contributed by atoms with Crippen molar-refractivity contribution in [1.29, 1.82) is 0 Å². The van der Waals surface area contributed by atoms with Crippen molar-refractivity contribution in [1.82, 2.24) is 5.32 Å². The van der Waals surface area contributed by atoms with E-state index in [2.05, 4.69) is 11.9 Å². The van der Waals surface area contributed by atoms with E-state index in [9.17, 15) is 9.59 Å². The topological polar surface area (TPSA) is 46.2 Å². The summed E-state index contributed by atoms with van der Waals surface area (Å²) in [5.41, 5.74) is 1.57. The van der Waals surface area contributed by atoms with Crippen LogP contribution in [0, 0.1) is 12.8 Å². The van der Waals surface area contributed by atoms with E-state index in [-0.39, 0.29) is 17.7 Å². The maximum atomic E-state index is 11.7. The summed E-state index contributed by atoms with van der Waals surface area (Å²) in [7, 11) is 0. The van der Waals surface area contributed by atoms with Crippen LogP contribution in [0.15, 0.2) is 36.9 Å². The maximum Gasteiger partial charge on any atom is 0.257 e. The van der Waals surface area contributed by atoms with Crippen LogP contribution in [0.2, 0.25) is 0 Å². The van der Waals surface area contributed by atoms with Gasteiger partial charge in [-0.15, -0.1) is 6.58 Å². The van der Waals surface area contributed by atoms with Crippen LogP contribution in [0.25, 0.3) is 0 Å². The van der Waals surface area contributed by atoms with Gasteiger partial charge in [-0.25, -0.2) is 0 Å². The Hall–Kier alpha value is -1.90. The van der Waals surface area contributed by atoms with Crippen molar-refractivity contribution < 1.29 is 9.59 Å². The van der Waals surface area contributed by atoms with Crippen LogP contribution in [0.1, 0.15) is 29.3 Å². The number of carbonyl (C=O) groups excluding carboxylic acids is 2. The third kappa shape index (κ3) is 3.87. The Bertz CT molecular complexity index is 420. The third-order valence-corrected chi connectivity index (χ3v) is 2.52. The second-order valence-electron chi connectivity index (χ2n) is 4.11. The molecular formula is C14H17NO2. The van der Waals surface area contributed by atoms with Crippen LogP contribution in [0.5, 0.6) is 0 Å². The molecule has 0 spiro atoms. The molecule has 0 bridgehead atoms. The van der Waals surface area contributed by atoms with Crippen molar-refractivity contribution in [3.8, 4) is 0 Å². The fourth-order valence-corrected chi connectivity index (χ4v) is 1.37. The van der Waals surface area contributed by atoms with Crippen LogP contribution in [-0.2, 0) is 4.79 Å². The van der Waals surface area contributed by atoms with Gasteiger partial charge in [0, 0.05) is 11.5 Å². The molecule has 90 valence electrons. The van der Waals surface area contributed by atoms with Crippen molar-refractivity contribution in [3.63, 3.8) is 0 Å². The van der Waals surface area contributed by atoms with Crippen molar-refractivity contribution in [2.24, 2.45) is 5.92 Å². The Labute approximate surface area is 102 Å². The lowest BCUT2D eigenvalue weighted by molar-refractivity contribution is -0.123. The highest BCUT2D eigenvalue weighted by Gasteiger charge is 2.15. The van der Waals surface area contributed by atoms with Gasteiger partial charge in [0.2, 0.25) is 5.91 Å². The number of hydrogen-bond donors (Lipinski definition) is 1. The molecule has 3 nitrogen and oxygen atoms in total. The summed E-state index contributed by atoms with van der Waals surface area (Å²) in [4.78, 5) is 23.3. The molecule has 0 radical (unpaired) electrons. The van der Waals surface area contributed by atoms with E-state index in [1.165, 1.54) is 0 Å². The number of aryl methyl sites for hydroxylation is 1. The Morgan fingerprint density at radius 3 is 2.47 bits per heavy atom. The molecule has 0 aliphatic heterocycles. The summed E-state index contributed by atoms with van der Waals surface area (Å²) in [6, 6.07) is 7.09. The number of rotatable bonds is 4. The first-order chi connectivity index (χ1) is 8.04. The van der Waals surface area contributed by atoms with Crippen LogP contribution in [0.4, 0.5) is 0 Å². The second kappa shape index (κ2) is 5.99. The summed E-state index contributed by atoms with van der Waals surface area (Å²) in [6.45, 7) is 7.27. The zero-order chi connectivity index (χ0) is 12.8. The van der Waals surface area contributed by atoms with Gasteiger partial charge in [-0.3, -0.25) is 14.9 Å². The maximum absolute atomic E-state index is 11.7. The molecule has 0 aromatic heterocycles. The number of allylic oxidation sites excluding steroid dienone is 1. The molecule has 0 saturated carbocycles. The van der Waals surface area contributed by atoms with Crippen molar-refractivity contribution in [3.05, 3.63) is 48.0 Å². The summed E-state index contributed by atoms with van der Waals surface area (Å²) in [5, 5.41) is 2.37. The first kappa shape index (κ1) is 13.2. The lowest BCUT2D eigenvalue weighted by Gasteiger charge is -2.09. The van der Waals surface area contributed by atoms with Gasteiger partial charge in [-0.05, 0) is 25.5 Å². The predicted molar refractivity (Wildman–Crippen MR) is 67.6 cm³/mol. The fourth-order valence-electron chi connectivity index (χ4n) is 1.37. The van der Waals surface area contributed by atoms with Gasteiger partial charge in [-0.1, -0.05) is 30.7 Å². The standard InChI is InChI=1S/C14H17NO2/c1-4-5-11(3)13(16)15-14(17)12-8-6-10(2)7-9-12/h4,6-9,11H,1,5H2,2-3H3,(H,15,16,17)/t11-/m0/s1. The minimum absolute atomic E-state index is 0.234. The Morgan fingerprint density at radius 1 is 1.35 bits per heavy atom. The quantitative estimate of drug-likeness (QED) is 0.809. The Morgan fingerprint density at radius 2 is 1.94 bits per heavy atom. The van der Waals surface area contributed by atoms with Gasteiger partial charge in [0.1, 0.15) is 0 Å². The summed E-state index contributed by atoms with van der Waals surface area (Å²) >= 11 is 0. The van der Waals surface area contributed by atoms with Crippen LogP contribution in [0.3, 0.4) is 0 Å². The van der Waals surface area contributed by atoms with Gasteiger partial charge in [0.25, 0.3) is 5.91 Å². The molecule has 17 heavy (non-hydrogen) atoms. The lowest BCUT2D eigenvalue weighted by Crippen LogP contribution is -2.34. The molecule has 0 aliphatic carbocycles. The molecule has 2 amide bonds. The number of carbonyl (C=O) groups is 2. The molecule has 0 saturated heterocycles. The first-order valence-corrected chi connectivity index (χ1v) is 5.57. The largest absolute Gasteiger partial charge is 0.292 e. The first-order valence-electron chi connectivity index (χ1n) is 5.57. The Balaban J connectivity index is 2.63. The number of nitrogens with one attached hydrogen (secondary N) is 1. The normalized spacial score (nSPS) is 11.6. The predicted octanol–water partition coefficient (Wildman–Crippen LogP) is 2.46. The zero-order valence-corrected chi connectivity index (χ0v) is 10.2. The molecule has 1 rings (SSSR count). The monoisotopic (exact) mass is 231 g/mol. The molecule has 0 fully saturated rings.